The molecular weight excluding hydrogens is 188 g/mol. The summed E-state index contributed by atoms with van der Waals surface area (Å²) in [7, 11) is 1.89. The Morgan fingerprint density at radius 1 is 1.40 bits per heavy atom. The first-order valence-corrected chi connectivity index (χ1v) is 5.71. The molecule has 15 heavy (non-hydrogen) atoms. The molecular formula is C12H20N2O. The van der Waals surface area contributed by atoms with Gasteiger partial charge >= 0.3 is 0 Å². The molecule has 0 radical (unpaired) electrons. The normalized spacial score (nSPS) is 36.8. The molecule has 0 bridgehead atoms. The van der Waals surface area contributed by atoms with Gasteiger partial charge in [0.15, 0.2) is 0 Å². The Bertz CT molecular complexity index is 335. The summed E-state index contributed by atoms with van der Waals surface area (Å²) >= 11 is 0. The van der Waals surface area contributed by atoms with Crippen molar-refractivity contribution in [2.45, 2.75) is 38.7 Å². The van der Waals surface area contributed by atoms with E-state index in [-0.39, 0.29) is 0 Å². The summed E-state index contributed by atoms with van der Waals surface area (Å²) in [5.41, 5.74) is 0.328. The summed E-state index contributed by atoms with van der Waals surface area (Å²) in [6.45, 7) is 4.44. The van der Waals surface area contributed by atoms with Gasteiger partial charge in [-0.1, -0.05) is 13.8 Å². The van der Waals surface area contributed by atoms with Crippen LogP contribution in [0.5, 0.6) is 0 Å². The Kier molecular flexibility index (Phi) is 2.59. The number of aliphatic hydroxyl groups is 1. The summed E-state index contributed by atoms with van der Waals surface area (Å²) in [6, 6.07) is 0. The molecule has 3 heteroatoms. The van der Waals surface area contributed by atoms with Gasteiger partial charge < -0.3 is 5.11 Å². The Morgan fingerprint density at radius 2 is 2.00 bits per heavy atom. The fourth-order valence-corrected chi connectivity index (χ4v) is 2.99. The van der Waals surface area contributed by atoms with Gasteiger partial charge in [0.25, 0.3) is 0 Å². The van der Waals surface area contributed by atoms with Gasteiger partial charge in [-0.3, -0.25) is 4.68 Å². The van der Waals surface area contributed by atoms with Crippen molar-refractivity contribution >= 4 is 0 Å². The zero-order valence-corrected chi connectivity index (χ0v) is 9.77. The molecule has 1 aromatic heterocycles. The first kappa shape index (κ1) is 10.7. The van der Waals surface area contributed by atoms with E-state index in [9.17, 15) is 5.11 Å². The SMILES string of the molecule is CC1CC(C)CC(O)(c2cnn(C)c2)C1. The molecule has 0 amide bonds. The summed E-state index contributed by atoms with van der Waals surface area (Å²) in [6.07, 6.45) is 6.68. The number of aromatic nitrogens is 2. The van der Waals surface area contributed by atoms with Gasteiger partial charge in [-0.25, -0.2) is 0 Å². The summed E-state index contributed by atoms with van der Waals surface area (Å²) in [4.78, 5) is 0. The summed E-state index contributed by atoms with van der Waals surface area (Å²) < 4.78 is 1.76. The highest BCUT2D eigenvalue weighted by Gasteiger charge is 2.38. The van der Waals surface area contributed by atoms with E-state index in [1.807, 2.05) is 13.2 Å². The van der Waals surface area contributed by atoms with E-state index >= 15 is 0 Å². The largest absolute Gasteiger partial charge is 0.385 e. The van der Waals surface area contributed by atoms with Gasteiger partial charge in [0, 0.05) is 18.8 Å². The molecule has 1 saturated carbocycles. The smallest absolute Gasteiger partial charge is 0.0931 e. The average Bonchev–Trinajstić information content (AvgIpc) is 2.49. The quantitative estimate of drug-likeness (QED) is 0.767. The Hall–Kier alpha value is -0.830. The van der Waals surface area contributed by atoms with E-state index in [1.54, 1.807) is 10.9 Å². The maximum Gasteiger partial charge on any atom is 0.0931 e. The van der Waals surface area contributed by atoms with Crippen molar-refractivity contribution in [3.8, 4) is 0 Å². The van der Waals surface area contributed by atoms with Crippen LogP contribution in [-0.4, -0.2) is 14.9 Å². The van der Waals surface area contributed by atoms with E-state index < -0.39 is 5.60 Å². The first-order valence-electron chi connectivity index (χ1n) is 5.71. The van der Waals surface area contributed by atoms with Crippen LogP contribution >= 0.6 is 0 Å². The minimum Gasteiger partial charge on any atom is -0.385 e. The molecule has 1 heterocycles. The minimum atomic E-state index is -0.647. The van der Waals surface area contributed by atoms with Crippen molar-refractivity contribution in [3.63, 3.8) is 0 Å². The average molecular weight is 208 g/mol. The Balaban J connectivity index is 2.25. The molecule has 1 aromatic rings. The number of hydrogen-bond acceptors (Lipinski definition) is 2. The highest BCUT2D eigenvalue weighted by Crippen LogP contribution is 2.42. The van der Waals surface area contributed by atoms with Crippen LogP contribution in [0.3, 0.4) is 0 Å². The van der Waals surface area contributed by atoms with Crippen molar-refractivity contribution < 1.29 is 5.11 Å². The predicted octanol–water partition coefficient (Wildman–Crippen LogP) is 2.06. The van der Waals surface area contributed by atoms with Gasteiger partial charge in [-0.2, -0.15) is 5.10 Å². The molecule has 0 saturated heterocycles. The lowest BCUT2D eigenvalue weighted by atomic mass is 9.71. The highest BCUT2D eigenvalue weighted by atomic mass is 16.3. The summed E-state index contributed by atoms with van der Waals surface area (Å²) in [5.74, 6) is 1.19. The van der Waals surface area contributed by atoms with Crippen molar-refractivity contribution in [2.24, 2.45) is 18.9 Å². The molecule has 0 spiro atoms. The molecule has 1 aliphatic rings. The molecule has 3 nitrogen and oxygen atoms in total. The molecule has 84 valence electrons. The van der Waals surface area contributed by atoms with Gasteiger partial charge in [0.2, 0.25) is 0 Å². The number of aryl methyl sites for hydroxylation is 1. The lowest BCUT2D eigenvalue weighted by molar-refractivity contribution is -0.0363. The van der Waals surface area contributed by atoms with Crippen molar-refractivity contribution in [1.82, 2.24) is 9.78 Å². The van der Waals surface area contributed by atoms with Gasteiger partial charge in [0.05, 0.1) is 11.8 Å². The summed E-state index contributed by atoms with van der Waals surface area (Å²) in [5, 5.41) is 14.8. The maximum atomic E-state index is 10.6. The standard InChI is InChI=1S/C12H20N2O/c1-9-4-10(2)6-12(15,5-9)11-7-13-14(3)8-11/h7-10,15H,4-6H2,1-3H3. The molecule has 2 rings (SSSR count). The van der Waals surface area contributed by atoms with Gasteiger partial charge in [-0.15, -0.1) is 0 Å². The zero-order valence-electron chi connectivity index (χ0n) is 9.77. The molecule has 1 fully saturated rings. The topological polar surface area (TPSA) is 38.1 Å². The molecule has 1 N–H and O–H groups in total. The van der Waals surface area contributed by atoms with E-state index in [4.69, 9.17) is 0 Å². The van der Waals surface area contributed by atoms with Crippen LogP contribution in [-0.2, 0) is 12.6 Å². The van der Waals surface area contributed by atoms with Gasteiger partial charge in [-0.05, 0) is 31.1 Å². The van der Waals surface area contributed by atoms with Crippen LogP contribution in [0.4, 0.5) is 0 Å². The third kappa shape index (κ3) is 2.07. The Labute approximate surface area is 91.1 Å². The van der Waals surface area contributed by atoms with E-state index in [1.165, 1.54) is 6.42 Å². The molecule has 1 aliphatic carbocycles. The number of hydrogen-bond donors (Lipinski definition) is 1. The highest BCUT2D eigenvalue weighted by molar-refractivity contribution is 5.16. The zero-order chi connectivity index (χ0) is 11.1. The van der Waals surface area contributed by atoms with Crippen LogP contribution in [0.25, 0.3) is 0 Å². The third-order valence-corrected chi connectivity index (χ3v) is 3.42. The molecule has 0 aliphatic heterocycles. The molecule has 2 unspecified atom stereocenters. The minimum absolute atomic E-state index is 0.596. The lowest BCUT2D eigenvalue weighted by Gasteiger charge is -2.38. The van der Waals surface area contributed by atoms with Gasteiger partial charge in [0.1, 0.15) is 0 Å². The fraction of sp³-hybridized carbons (Fsp3) is 0.750. The Morgan fingerprint density at radius 3 is 2.47 bits per heavy atom. The third-order valence-electron chi connectivity index (χ3n) is 3.42. The monoisotopic (exact) mass is 208 g/mol. The second-order valence-electron chi connectivity index (χ2n) is 5.29. The van der Waals surface area contributed by atoms with E-state index in [0.29, 0.717) is 11.8 Å². The second-order valence-corrected chi connectivity index (χ2v) is 5.29. The van der Waals surface area contributed by atoms with Crippen molar-refractivity contribution in [3.05, 3.63) is 18.0 Å². The van der Waals surface area contributed by atoms with Crippen LogP contribution in [0, 0.1) is 11.8 Å². The van der Waals surface area contributed by atoms with Crippen LogP contribution in [0.1, 0.15) is 38.7 Å². The van der Waals surface area contributed by atoms with Crippen LogP contribution < -0.4 is 0 Å². The fourth-order valence-electron chi connectivity index (χ4n) is 2.99. The predicted molar refractivity (Wildman–Crippen MR) is 59.3 cm³/mol. The van der Waals surface area contributed by atoms with E-state index in [0.717, 1.165) is 18.4 Å². The molecule has 2 atom stereocenters. The lowest BCUT2D eigenvalue weighted by Crippen LogP contribution is -2.35. The maximum absolute atomic E-state index is 10.6. The number of rotatable bonds is 1. The second kappa shape index (κ2) is 3.63. The van der Waals surface area contributed by atoms with Crippen LogP contribution in [0.15, 0.2) is 12.4 Å². The van der Waals surface area contributed by atoms with E-state index in [2.05, 4.69) is 18.9 Å². The van der Waals surface area contributed by atoms with Crippen molar-refractivity contribution in [2.75, 3.05) is 0 Å². The van der Waals surface area contributed by atoms with Crippen molar-refractivity contribution in [1.29, 1.82) is 0 Å². The molecule has 0 aromatic carbocycles. The van der Waals surface area contributed by atoms with Crippen LogP contribution in [0.2, 0.25) is 0 Å². The number of nitrogens with zero attached hydrogens (tertiary/aromatic N) is 2. The first-order chi connectivity index (χ1) is 6.99.